The maximum atomic E-state index is 8.92. The van der Waals surface area contributed by atoms with E-state index in [1.165, 1.54) is 0 Å². The Balaban J connectivity index is 0. The van der Waals surface area contributed by atoms with Gasteiger partial charge in [-0.2, -0.15) is 0 Å². The van der Waals surface area contributed by atoms with E-state index in [2.05, 4.69) is 0 Å². The summed E-state index contributed by atoms with van der Waals surface area (Å²) in [5, 5.41) is 17.6. The van der Waals surface area contributed by atoms with Crippen molar-refractivity contribution in [1.82, 2.24) is 0 Å². The largest absolute Gasteiger partial charge is 0.394 e. The summed E-state index contributed by atoms with van der Waals surface area (Å²) >= 11 is 0. The molecule has 7 nitrogen and oxygen atoms in total. The molecular weight excluding hydrogens is 292 g/mol. The number of aliphatic hydroxyl groups excluding tert-OH is 2. The van der Waals surface area contributed by atoms with Gasteiger partial charge < -0.3 is 33.9 Å². The predicted octanol–water partition coefficient (Wildman–Crippen LogP) is 0.466. The van der Waals surface area contributed by atoms with Crippen LogP contribution < -0.4 is 0 Å². The lowest BCUT2D eigenvalue weighted by atomic mass is 10.4. The number of ether oxygens (including phenoxy) is 5. The second kappa shape index (κ2) is 18.8. The van der Waals surface area contributed by atoms with Gasteiger partial charge in [0.15, 0.2) is 0 Å². The lowest BCUT2D eigenvalue weighted by molar-refractivity contribution is -0.0620. The molecule has 7 heteroatoms. The first kappa shape index (κ1) is 24.0. The molecule has 0 aromatic heterocycles. The molecule has 2 N–H and O–H groups in total. The van der Waals surface area contributed by atoms with Crippen LogP contribution in [-0.2, 0) is 23.7 Å². The van der Waals surface area contributed by atoms with Crippen molar-refractivity contribution in [3.63, 3.8) is 0 Å². The first-order valence-electron chi connectivity index (χ1n) is 7.55. The Morgan fingerprint density at radius 2 is 1.27 bits per heavy atom. The first-order chi connectivity index (χ1) is 10.5. The summed E-state index contributed by atoms with van der Waals surface area (Å²) in [5.74, 6) is 0. The summed E-state index contributed by atoms with van der Waals surface area (Å²) in [6.45, 7) is 8.72. The van der Waals surface area contributed by atoms with E-state index in [4.69, 9.17) is 33.9 Å². The topological polar surface area (TPSA) is 86.6 Å². The fourth-order valence-electron chi connectivity index (χ4n) is 1.09. The first-order valence-corrected chi connectivity index (χ1v) is 7.55. The number of hydrogen-bond donors (Lipinski definition) is 2. The van der Waals surface area contributed by atoms with E-state index in [0.717, 1.165) is 0 Å². The number of aliphatic hydroxyl groups is 2. The average molecular weight is 326 g/mol. The Hall–Kier alpha value is -0.280. The fourth-order valence-corrected chi connectivity index (χ4v) is 1.09. The van der Waals surface area contributed by atoms with E-state index >= 15 is 0 Å². The van der Waals surface area contributed by atoms with Gasteiger partial charge >= 0.3 is 0 Å². The average Bonchev–Trinajstić information content (AvgIpc) is 2.51. The van der Waals surface area contributed by atoms with Crippen LogP contribution in [0.25, 0.3) is 0 Å². The van der Waals surface area contributed by atoms with Crippen molar-refractivity contribution in [3.05, 3.63) is 0 Å². The highest BCUT2D eigenvalue weighted by Gasteiger charge is 2.06. The van der Waals surface area contributed by atoms with Gasteiger partial charge in [0.1, 0.15) is 0 Å². The SMILES string of the molecule is CC(O)COC(C)COC(C)CO.COCCOCCOC. The molecule has 3 unspecified atom stereocenters. The molecule has 3 atom stereocenters. The Kier molecular flexibility index (Phi) is 20.5. The van der Waals surface area contributed by atoms with Crippen LogP contribution in [0.15, 0.2) is 0 Å². The van der Waals surface area contributed by atoms with Crippen LogP contribution in [0.4, 0.5) is 0 Å². The zero-order valence-electron chi connectivity index (χ0n) is 14.6. The van der Waals surface area contributed by atoms with Crippen LogP contribution in [0.2, 0.25) is 0 Å². The molecule has 0 saturated carbocycles. The molecule has 136 valence electrons. The van der Waals surface area contributed by atoms with E-state index in [1.54, 1.807) is 28.1 Å². The highest BCUT2D eigenvalue weighted by molar-refractivity contribution is 4.52. The third-order valence-corrected chi connectivity index (χ3v) is 2.36. The van der Waals surface area contributed by atoms with Gasteiger partial charge in [0.05, 0.1) is 64.6 Å². The molecule has 0 aliphatic rings. The van der Waals surface area contributed by atoms with Crippen molar-refractivity contribution in [2.45, 2.75) is 39.1 Å². The minimum atomic E-state index is -0.447. The molecule has 0 radical (unpaired) electrons. The van der Waals surface area contributed by atoms with Gasteiger partial charge in [0.2, 0.25) is 0 Å². The molecule has 0 heterocycles. The quantitative estimate of drug-likeness (QED) is 0.476. The summed E-state index contributed by atoms with van der Waals surface area (Å²) < 4.78 is 25.0. The molecular formula is C15H34O7. The van der Waals surface area contributed by atoms with Crippen molar-refractivity contribution < 1.29 is 33.9 Å². The number of rotatable bonds is 13. The van der Waals surface area contributed by atoms with Crippen molar-refractivity contribution in [1.29, 1.82) is 0 Å². The smallest absolute Gasteiger partial charge is 0.0781 e. The molecule has 0 aromatic rings. The maximum Gasteiger partial charge on any atom is 0.0781 e. The lowest BCUT2D eigenvalue weighted by Gasteiger charge is -2.16. The summed E-state index contributed by atoms with van der Waals surface area (Å²) in [7, 11) is 3.30. The van der Waals surface area contributed by atoms with Crippen molar-refractivity contribution in [3.8, 4) is 0 Å². The third-order valence-electron chi connectivity index (χ3n) is 2.36. The van der Waals surface area contributed by atoms with Crippen molar-refractivity contribution in [2.24, 2.45) is 0 Å². The monoisotopic (exact) mass is 326 g/mol. The maximum absolute atomic E-state index is 8.92. The van der Waals surface area contributed by atoms with E-state index in [-0.39, 0.29) is 18.8 Å². The molecule has 0 bridgehead atoms. The van der Waals surface area contributed by atoms with Crippen LogP contribution >= 0.6 is 0 Å². The van der Waals surface area contributed by atoms with Crippen LogP contribution in [0.3, 0.4) is 0 Å². The van der Waals surface area contributed by atoms with Gasteiger partial charge in [-0.1, -0.05) is 0 Å². The van der Waals surface area contributed by atoms with E-state index < -0.39 is 6.10 Å². The molecule has 22 heavy (non-hydrogen) atoms. The van der Waals surface area contributed by atoms with Gasteiger partial charge in [-0.3, -0.25) is 0 Å². The molecule has 0 aliphatic heterocycles. The molecule has 0 saturated heterocycles. The van der Waals surface area contributed by atoms with Gasteiger partial charge in [-0.15, -0.1) is 0 Å². The molecule has 0 aliphatic carbocycles. The minimum absolute atomic E-state index is 0.0170. The predicted molar refractivity (Wildman–Crippen MR) is 84.2 cm³/mol. The van der Waals surface area contributed by atoms with Gasteiger partial charge in [-0.25, -0.2) is 0 Å². The Bertz CT molecular complexity index is 196. The second-order valence-electron chi connectivity index (χ2n) is 4.92. The van der Waals surface area contributed by atoms with Crippen LogP contribution in [0.5, 0.6) is 0 Å². The third kappa shape index (κ3) is 22.0. The standard InChI is InChI=1S/C9H20O4.C6H14O3/c1-7(11)5-12-9(3)6-13-8(2)4-10;1-7-3-5-9-6-4-8-2/h7-11H,4-6H2,1-3H3;3-6H2,1-2H3. The highest BCUT2D eigenvalue weighted by atomic mass is 16.5. The highest BCUT2D eigenvalue weighted by Crippen LogP contribution is 1.97. The minimum Gasteiger partial charge on any atom is -0.394 e. The zero-order valence-corrected chi connectivity index (χ0v) is 14.6. The van der Waals surface area contributed by atoms with Crippen molar-refractivity contribution in [2.75, 3.05) is 60.5 Å². The molecule has 0 aromatic carbocycles. The van der Waals surface area contributed by atoms with Crippen LogP contribution in [-0.4, -0.2) is 89.0 Å². The lowest BCUT2D eigenvalue weighted by Crippen LogP contribution is -2.24. The van der Waals surface area contributed by atoms with Gasteiger partial charge in [0.25, 0.3) is 0 Å². The number of hydrogen-bond acceptors (Lipinski definition) is 7. The fraction of sp³-hybridized carbons (Fsp3) is 1.00. The molecule has 0 spiro atoms. The number of methoxy groups -OCH3 is 2. The van der Waals surface area contributed by atoms with Gasteiger partial charge in [0, 0.05) is 14.2 Å². The Labute approximate surface area is 134 Å². The second-order valence-corrected chi connectivity index (χ2v) is 4.92. The Morgan fingerprint density at radius 1 is 0.773 bits per heavy atom. The molecule has 0 fully saturated rings. The van der Waals surface area contributed by atoms with Crippen LogP contribution in [0, 0.1) is 0 Å². The summed E-state index contributed by atoms with van der Waals surface area (Å²) in [6, 6.07) is 0. The molecule has 0 rings (SSSR count). The van der Waals surface area contributed by atoms with Gasteiger partial charge in [-0.05, 0) is 20.8 Å². The van der Waals surface area contributed by atoms with Crippen LogP contribution in [0.1, 0.15) is 20.8 Å². The van der Waals surface area contributed by atoms with E-state index in [1.807, 2.05) is 6.92 Å². The molecule has 0 amide bonds. The normalized spacial score (nSPS) is 14.9. The summed E-state index contributed by atoms with van der Waals surface area (Å²) in [5.41, 5.74) is 0. The van der Waals surface area contributed by atoms with E-state index in [0.29, 0.717) is 39.6 Å². The summed E-state index contributed by atoms with van der Waals surface area (Å²) in [4.78, 5) is 0. The van der Waals surface area contributed by atoms with Crippen molar-refractivity contribution >= 4 is 0 Å². The van der Waals surface area contributed by atoms with E-state index in [9.17, 15) is 0 Å². The zero-order chi connectivity index (χ0) is 17.2. The Morgan fingerprint density at radius 3 is 1.68 bits per heavy atom. The summed E-state index contributed by atoms with van der Waals surface area (Å²) in [6.07, 6.45) is -0.654.